The zero-order valence-electron chi connectivity index (χ0n) is 11.9. The lowest BCUT2D eigenvalue weighted by molar-refractivity contribution is -0.146. The third kappa shape index (κ3) is 2.48. The van der Waals surface area contributed by atoms with E-state index in [0.29, 0.717) is 11.4 Å². The van der Waals surface area contributed by atoms with Crippen LogP contribution in [0.25, 0.3) is 0 Å². The minimum atomic E-state index is -0.851. The molecule has 1 fully saturated rings. The Kier molecular flexibility index (Phi) is 3.97. The van der Waals surface area contributed by atoms with Crippen molar-refractivity contribution in [1.82, 2.24) is 0 Å². The molecule has 0 radical (unpaired) electrons. The van der Waals surface area contributed by atoms with Gasteiger partial charge in [0, 0.05) is 18.2 Å². The molecule has 1 saturated heterocycles. The molecular weight excluding hydrogens is 258 g/mol. The van der Waals surface area contributed by atoms with Crippen molar-refractivity contribution in [2.24, 2.45) is 11.8 Å². The molecule has 1 aliphatic rings. The van der Waals surface area contributed by atoms with Crippen LogP contribution in [0.3, 0.4) is 0 Å². The van der Waals surface area contributed by atoms with Crippen LogP contribution in [0.4, 0.5) is 5.69 Å². The van der Waals surface area contributed by atoms with Crippen molar-refractivity contribution >= 4 is 17.6 Å². The van der Waals surface area contributed by atoms with E-state index in [0.717, 1.165) is 0 Å². The van der Waals surface area contributed by atoms with E-state index >= 15 is 0 Å². The fourth-order valence-electron chi connectivity index (χ4n) is 2.94. The Morgan fingerprint density at radius 2 is 1.90 bits per heavy atom. The average Bonchev–Trinajstić information content (AvgIpc) is 2.38. The van der Waals surface area contributed by atoms with Gasteiger partial charge in [-0.1, -0.05) is 6.92 Å². The van der Waals surface area contributed by atoms with Gasteiger partial charge in [-0.15, -0.1) is 0 Å². The number of piperidine rings is 1. The van der Waals surface area contributed by atoms with Gasteiger partial charge in [0.2, 0.25) is 5.91 Å². The minimum Gasteiger partial charge on any atom is -0.497 e. The first-order valence-corrected chi connectivity index (χ1v) is 6.64. The number of aliphatic carboxylic acids is 1. The first kappa shape index (κ1) is 14.4. The molecule has 1 heterocycles. The number of methoxy groups -OCH3 is 1. The maximum Gasteiger partial charge on any atom is 0.308 e. The number of carboxylic acid groups (broad SMARTS) is 1. The van der Waals surface area contributed by atoms with Crippen LogP contribution in [0.1, 0.15) is 20.3 Å². The molecule has 3 atom stereocenters. The van der Waals surface area contributed by atoms with E-state index in [4.69, 9.17) is 4.74 Å². The Morgan fingerprint density at radius 1 is 1.30 bits per heavy atom. The van der Waals surface area contributed by atoms with Crippen molar-refractivity contribution in [2.75, 3.05) is 12.0 Å². The van der Waals surface area contributed by atoms with Crippen molar-refractivity contribution in [1.29, 1.82) is 0 Å². The standard InChI is InChI=1S/C15H19NO4/c1-9-8-13(17)16(10(2)14(9)15(18)19)11-4-6-12(20-3)7-5-11/h4-7,9-10,14H,8H2,1-3H3,(H,18,19). The molecule has 0 aromatic heterocycles. The van der Waals surface area contributed by atoms with Crippen LogP contribution in [0.15, 0.2) is 24.3 Å². The predicted molar refractivity (Wildman–Crippen MR) is 74.8 cm³/mol. The molecule has 2 rings (SSSR count). The second kappa shape index (κ2) is 5.53. The van der Waals surface area contributed by atoms with Crippen molar-refractivity contribution in [3.63, 3.8) is 0 Å². The summed E-state index contributed by atoms with van der Waals surface area (Å²) >= 11 is 0. The second-order valence-corrected chi connectivity index (χ2v) is 5.25. The number of rotatable bonds is 3. The Balaban J connectivity index is 2.32. The van der Waals surface area contributed by atoms with Crippen LogP contribution in [0, 0.1) is 11.8 Å². The second-order valence-electron chi connectivity index (χ2n) is 5.25. The summed E-state index contributed by atoms with van der Waals surface area (Å²) in [5.74, 6) is -0.878. The van der Waals surface area contributed by atoms with E-state index in [1.165, 1.54) is 0 Å². The number of hydrogen-bond donors (Lipinski definition) is 1. The summed E-state index contributed by atoms with van der Waals surface area (Å²) in [6, 6.07) is 6.73. The van der Waals surface area contributed by atoms with E-state index < -0.39 is 11.9 Å². The lowest BCUT2D eigenvalue weighted by Crippen LogP contribution is -2.53. The van der Waals surface area contributed by atoms with Crippen LogP contribution >= 0.6 is 0 Å². The number of carbonyl (C=O) groups is 2. The molecule has 1 aliphatic heterocycles. The molecule has 20 heavy (non-hydrogen) atoms. The maximum absolute atomic E-state index is 12.2. The SMILES string of the molecule is COc1ccc(N2C(=O)CC(C)C(C(=O)O)C2C)cc1. The summed E-state index contributed by atoms with van der Waals surface area (Å²) < 4.78 is 5.09. The van der Waals surface area contributed by atoms with E-state index in [1.807, 2.05) is 6.92 Å². The van der Waals surface area contributed by atoms with E-state index in [1.54, 1.807) is 43.2 Å². The number of anilines is 1. The minimum absolute atomic E-state index is 0.0346. The number of benzene rings is 1. The lowest BCUT2D eigenvalue weighted by atomic mass is 9.81. The molecule has 1 aromatic carbocycles. The smallest absolute Gasteiger partial charge is 0.308 e. The predicted octanol–water partition coefficient (Wildman–Crippen LogP) is 2.16. The fourth-order valence-corrected chi connectivity index (χ4v) is 2.94. The van der Waals surface area contributed by atoms with Gasteiger partial charge in [-0.05, 0) is 37.1 Å². The Morgan fingerprint density at radius 3 is 2.40 bits per heavy atom. The first-order chi connectivity index (χ1) is 9.45. The molecule has 3 unspecified atom stereocenters. The third-order valence-electron chi connectivity index (χ3n) is 3.94. The van der Waals surface area contributed by atoms with Gasteiger partial charge in [-0.3, -0.25) is 9.59 Å². The van der Waals surface area contributed by atoms with Crippen molar-refractivity contribution < 1.29 is 19.4 Å². The fraction of sp³-hybridized carbons (Fsp3) is 0.467. The van der Waals surface area contributed by atoms with E-state index in [-0.39, 0.29) is 24.3 Å². The summed E-state index contributed by atoms with van der Waals surface area (Å²) in [7, 11) is 1.58. The van der Waals surface area contributed by atoms with Gasteiger partial charge in [-0.25, -0.2) is 0 Å². The number of hydrogen-bond acceptors (Lipinski definition) is 3. The number of carbonyl (C=O) groups excluding carboxylic acids is 1. The van der Waals surface area contributed by atoms with Gasteiger partial charge in [0.25, 0.3) is 0 Å². The summed E-state index contributed by atoms with van der Waals surface area (Å²) in [6.45, 7) is 3.61. The monoisotopic (exact) mass is 277 g/mol. The topological polar surface area (TPSA) is 66.8 Å². The quantitative estimate of drug-likeness (QED) is 0.919. The van der Waals surface area contributed by atoms with Crippen LogP contribution < -0.4 is 9.64 Å². The molecule has 0 saturated carbocycles. The van der Waals surface area contributed by atoms with Gasteiger partial charge in [0.1, 0.15) is 5.75 Å². The highest BCUT2D eigenvalue weighted by molar-refractivity contribution is 5.96. The highest BCUT2D eigenvalue weighted by Crippen LogP contribution is 2.34. The maximum atomic E-state index is 12.2. The molecule has 5 heteroatoms. The zero-order valence-corrected chi connectivity index (χ0v) is 11.9. The molecule has 1 aromatic rings. The molecule has 108 valence electrons. The first-order valence-electron chi connectivity index (χ1n) is 6.64. The molecule has 1 amide bonds. The van der Waals surface area contributed by atoms with Crippen molar-refractivity contribution in [2.45, 2.75) is 26.3 Å². The molecule has 5 nitrogen and oxygen atoms in total. The van der Waals surface area contributed by atoms with Gasteiger partial charge in [-0.2, -0.15) is 0 Å². The van der Waals surface area contributed by atoms with Crippen LogP contribution in [-0.4, -0.2) is 30.1 Å². The Labute approximate surface area is 118 Å². The largest absolute Gasteiger partial charge is 0.497 e. The molecule has 0 aliphatic carbocycles. The molecular formula is C15H19NO4. The van der Waals surface area contributed by atoms with E-state index in [2.05, 4.69) is 0 Å². The van der Waals surface area contributed by atoms with Crippen LogP contribution in [0.5, 0.6) is 5.75 Å². The van der Waals surface area contributed by atoms with Gasteiger partial charge in [0.15, 0.2) is 0 Å². The molecule has 0 spiro atoms. The van der Waals surface area contributed by atoms with Gasteiger partial charge < -0.3 is 14.7 Å². The van der Waals surface area contributed by atoms with E-state index in [9.17, 15) is 14.7 Å². The normalized spacial score (nSPS) is 26.4. The average molecular weight is 277 g/mol. The summed E-state index contributed by atoms with van der Waals surface area (Å²) in [5.41, 5.74) is 0.710. The highest BCUT2D eigenvalue weighted by atomic mass is 16.5. The van der Waals surface area contributed by atoms with Gasteiger partial charge >= 0.3 is 5.97 Å². The van der Waals surface area contributed by atoms with Gasteiger partial charge in [0.05, 0.1) is 13.0 Å². The summed E-state index contributed by atoms with van der Waals surface area (Å²) in [4.78, 5) is 25.2. The zero-order chi connectivity index (χ0) is 14.9. The Bertz CT molecular complexity index is 511. The molecule has 0 bridgehead atoms. The molecule has 1 N–H and O–H groups in total. The lowest BCUT2D eigenvalue weighted by Gasteiger charge is -2.40. The highest BCUT2D eigenvalue weighted by Gasteiger charge is 2.42. The third-order valence-corrected chi connectivity index (χ3v) is 3.94. The number of carboxylic acids is 1. The van der Waals surface area contributed by atoms with Crippen LogP contribution in [-0.2, 0) is 9.59 Å². The number of ether oxygens (including phenoxy) is 1. The summed E-state index contributed by atoms with van der Waals surface area (Å²) in [6.07, 6.45) is 0.257. The van der Waals surface area contributed by atoms with Crippen molar-refractivity contribution in [3.8, 4) is 5.75 Å². The number of amides is 1. The van der Waals surface area contributed by atoms with Crippen LogP contribution in [0.2, 0.25) is 0 Å². The summed E-state index contributed by atoms with van der Waals surface area (Å²) in [5, 5.41) is 9.35. The number of nitrogens with zero attached hydrogens (tertiary/aromatic N) is 1. The van der Waals surface area contributed by atoms with Crippen molar-refractivity contribution in [3.05, 3.63) is 24.3 Å². The Hall–Kier alpha value is -2.04.